The third-order valence-corrected chi connectivity index (χ3v) is 6.44. The third-order valence-electron chi connectivity index (χ3n) is 5.89. The molecule has 3 rings (SSSR count). The van der Waals surface area contributed by atoms with Gasteiger partial charge in [0, 0.05) is 40.0 Å². The van der Waals surface area contributed by atoms with E-state index in [-0.39, 0.29) is 24.9 Å². The number of hydrogen-bond acceptors (Lipinski definition) is 5. The highest BCUT2D eigenvalue weighted by Gasteiger charge is 2.14. The molecule has 3 N–H and O–H groups in total. The van der Waals surface area contributed by atoms with Crippen molar-refractivity contribution in [1.82, 2.24) is 5.32 Å². The van der Waals surface area contributed by atoms with Gasteiger partial charge in [0.05, 0.1) is 24.6 Å². The average Bonchev–Trinajstić information content (AvgIpc) is 2.90. The first kappa shape index (κ1) is 29.1. The molecule has 202 valence electrons. The Labute approximate surface area is 233 Å². The van der Waals surface area contributed by atoms with Gasteiger partial charge in [0.15, 0.2) is 0 Å². The SMILES string of the molecule is CCCC[C@@H](COc1ccc(-c2ccc(Cl)cc2Cl)c(OC)c1)Nc1ccc(C(=O)NCCC(=O)O)cc1. The molecule has 7 nitrogen and oxygen atoms in total. The first-order chi connectivity index (χ1) is 18.3. The van der Waals surface area contributed by atoms with Crippen molar-refractivity contribution in [2.75, 3.05) is 25.6 Å². The number of carbonyl (C=O) groups excluding carboxylic acids is 1. The van der Waals surface area contributed by atoms with Crippen molar-refractivity contribution in [3.8, 4) is 22.6 Å². The molecule has 1 amide bonds. The molecule has 0 fully saturated rings. The minimum atomic E-state index is -0.953. The molecular weight excluding hydrogens is 527 g/mol. The lowest BCUT2D eigenvalue weighted by molar-refractivity contribution is -0.136. The Hall–Kier alpha value is -3.42. The van der Waals surface area contributed by atoms with E-state index in [1.807, 2.05) is 36.4 Å². The largest absolute Gasteiger partial charge is 0.496 e. The molecular formula is C29H32Cl2N2O5. The van der Waals surface area contributed by atoms with Crippen molar-refractivity contribution in [2.24, 2.45) is 0 Å². The van der Waals surface area contributed by atoms with Crippen LogP contribution in [0.4, 0.5) is 5.69 Å². The standard InChI is InChI=1S/C29H32Cl2N2O5/c1-3-4-5-22(33-21-9-6-19(7-10-21)29(36)32-15-14-28(34)35)18-38-23-11-13-25(27(17-23)37-2)24-12-8-20(30)16-26(24)31/h6-13,16-17,22,33H,3-5,14-15,18H2,1-2H3,(H,32,36)(H,34,35)/t22-/m0/s1. The van der Waals surface area contributed by atoms with Crippen LogP contribution < -0.4 is 20.1 Å². The molecule has 0 aliphatic carbocycles. The Morgan fingerprint density at radius 2 is 1.74 bits per heavy atom. The zero-order valence-corrected chi connectivity index (χ0v) is 22.9. The summed E-state index contributed by atoms with van der Waals surface area (Å²) in [5.74, 6) is 0.0563. The highest BCUT2D eigenvalue weighted by molar-refractivity contribution is 6.36. The number of amides is 1. The van der Waals surface area contributed by atoms with E-state index in [9.17, 15) is 9.59 Å². The first-order valence-corrected chi connectivity index (χ1v) is 13.2. The Kier molecular flexibility index (Phi) is 11.1. The number of aliphatic carboxylic acids is 1. The van der Waals surface area contributed by atoms with Crippen molar-refractivity contribution in [1.29, 1.82) is 0 Å². The predicted molar refractivity (Wildman–Crippen MR) is 152 cm³/mol. The van der Waals surface area contributed by atoms with Crippen LogP contribution in [0.2, 0.25) is 10.0 Å². The van der Waals surface area contributed by atoms with Gasteiger partial charge in [-0.1, -0.05) is 49.0 Å². The second-order valence-electron chi connectivity index (χ2n) is 8.76. The molecule has 0 spiro atoms. The molecule has 0 saturated carbocycles. The third kappa shape index (κ3) is 8.57. The Morgan fingerprint density at radius 1 is 1.00 bits per heavy atom. The van der Waals surface area contributed by atoms with Crippen LogP contribution >= 0.6 is 23.2 Å². The van der Waals surface area contributed by atoms with Gasteiger partial charge in [0.25, 0.3) is 5.91 Å². The van der Waals surface area contributed by atoms with Gasteiger partial charge in [-0.05, 0) is 55.0 Å². The highest BCUT2D eigenvalue weighted by Crippen LogP contribution is 2.38. The number of carboxylic acids is 1. The van der Waals surface area contributed by atoms with Gasteiger partial charge < -0.3 is 25.2 Å². The number of rotatable bonds is 14. The van der Waals surface area contributed by atoms with E-state index in [2.05, 4.69) is 17.6 Å². The lowest BCUT2D eigenvalue weighted by Gasteiger charge is -2.21. The Balaban J connectivity index is 1.65. The minimum Gasteiger partial charge on any atom is -0.496 e. The number of anilines is 1. The second kappa shape index (κ2) is 14.5. The number of carboxylic acid groups (broad SMARTS) is 1. The Bertz CT molecular complexity index is 1230. The van der Waals surface area contributed by atoms with E-state index in [4.69, 9.17) is 37.8 Å². The summed E-state index contributed by atoms with van der Waals surface area (Å²) < 4.78 is 11.7. The van der Waals surface area contributed by atoms with Crippen molar-refractivity contribution in [3.05, 3.63) is 76.3 Å². The molecule has 3 aromatic rings. The number of methoxy groups -OCH3 is 1. The quantitative estimate of drug-likeness (QED) is 0.198. The minimum absolute atomic E-state index is 0.0431. The fraction of sp³-hybridized carbons (Fsp3) is 0.310. The summed E-state index contributed by atoms with van der Waals surface area (Å²) >= 11 is 12.4. The summed E-state index contributed by atoms with van der Waals surface area (Å²) in [4.78, 5) is 22.8. The average molecular weight is 559 g/mol. The molecule has 0 aliphatic rings. The maximum Gasteiger partial charge on any atom is 0.305 e. The summed E-state index contributed by atoms with van der Waals surface area (Å²) in [5, 5.41) is 15.9. The normalized spacial score (nSPS) is 11.5. The van der Waals surface area contributed by atoms with Crippen LogP contribution in [0.25, 0.3) is 11.1 Å². The number of ether oxygens (including phenoxy) is 2. The van der Waals surface area contributed by atoms with Crippen LogP contribution in [0.1, 0.15) is 43.0 Å². The van der Waals surface area contributed by atoms with E-state index < -0.39 is 5.97 Å². The summed E-state index contributed by atoms with van der Waals surface area (Å²) in [6, 6.07) is 18.1. The first-order valence-electron chi connectivity index (χ1n) is 12.4. The van der Waals surface area contributed by atoms with Crippen LogP contribution in [0.3, 0.4) is 0 Å². The fourth-order valence-corrected chi connectivity index (χ4v) is 4.39. The van der Waals surface area contributed by atoms with E-state index in [0.29, 0.717) is 33.7 Å². The maximum absolute atomic E-state index is 12.2. The van der Waals surface area contributed by atoms with Gasteiger partial charge in [-0.15, -0.1) is 0 Å². The van der Waals surface area contributed by atoms with Crippen LogP contribution in [0.5, 0.6) is 11.5 Å². The fourth-order valence-electron chi connectivity index (χ4n) is 3.87. The molecule has 0 radical (unpaired) electrons. The molecule has 9 heteroatoms. The number of carbonyl (C=O) groups is 2. The number of nitrogens with one attached hydrogen (secondary N) is 2. The zero-order valence-electron chi connectivity index (χ0n) is 21.4. The lowest BCUT2D eigenvalue weighted by Crippen LogP contribution is -2.27. The topological polar surface area (TPSA) is 96.9 Å². The van der Waals surface area contributed by atoms with Crippen LogP contribution in [-0.2, 0) is 4.79 Å². The molecule has 0 saturated heterocycles. The smallest absolute Gasteiger partial charge is 0.305 e. The van der Waals surface area contributed by atoms with E-state index >= 15 is 0 Å². The highest BCUT2D eigenvalue weighted by atomic mass is 35.5. The van der Waals surface area contributed by atoms with E-state index in [0.717, 1.165) is 36.1 Å². The van der Waals surface area contributed by atoms with E-state index in [1.165, 1.54) is 0 Å². The molecule has 0 heterocycles. The molecule has 0 aromatic heterocycles. The summed E-state index contributed by atoms with van der Waals surface area (Å²) in [7, 11) is 1.61. The van der Waals surface area contributed by atoms with Gasteiger partial charge in [-0.2, -0.15) is 0 Å². The van der Waals surface area contributed by atoms with Crippen LogP contribution in [0, 0.1) is 0 Å². The summed E-state index contributed by atoms with van der Waals surface area (Å²) in [6.07, 6.45) is 2.87. The summed E-state index contributed by atoms with van der Waals surface area (Å²) in [5.41, 5.74) is 2.99. The van der Waals surface area contributed by atoms with Crippen molar-refractivity contribution in [3.63, 3.8) is 0 Å². The van der Waals surface area contributed by atoms with Crippen LogP contribution in [0.15, 0.2) is 60.7 Å². The monoisotopic (exact) mass is 558 g/mol. The maximum atomic E-state index is 12.2. The molecule has 0 unspecified atom stereocenters. The molecule has 38 heavy (non-hydrogen) atoms. The number of halogens is 2. The number of unbranched alkanes of at least 4 members (excludes halogenated alkanes) is 1. The van der Waals surface area contributed by atoms with Crippen LogP contribution in [-0.4, -0.2) is 43.3 Å². The predicted octanol–water partition coefficient (Wildman–Crippen LogP) is 6.92. The summed E-state index contributed by atoms with van der Waals surface area (Å²) in [6.45, 7) is 2.66. The lowest BCUT2D eigenvalue weighted by atomic mass is 10.0. The second-order valence-corrected chi connectivity index (χ2v) is 9.60. The number of benzene rings is 3. The zero-order chi connectivity index (χ0) is 27.5. The number of hydrogen-bond donors (Lipinski definition) is 3. The van der Waals surface area contributed by atoms with Gasteiger partial charge in [-0.3, -0.25) is 9.59 Å². The van der Waals surface area contributed by atoms with Gasteiger partial charge in [-0.25, -0.2) is 0 Å². The van der Waals surface area contributed by atoms with Crippen molar-refractivity contribution in [2.45, 2.75) is 38.6 Å². The van der Waals surface area contributed by atoms with Gasteiger partial charge in [0.2, 0.25) is 0 Å². The molecule has 1 atom stereocenters. The Morgan fingerprint density at radius 3 is 2.39 bits per heavy atom. The molecule has 0 bridgehead atoms. The van der Waals surface area contributed by atoms with Crippen molar-refractivity contribution >= 4 is 40.8 Å². The van der Waals surface area contributed by atoms with Crippen molar-refractivity contribution < 1.29 is 24.2 Å². The molecule has 0 aliphatic heterocycles. The van der Waals surface area contributed by atoms with Gasteiger partial charge in [0.1, 0.15) is 18.1 Å². The van der Waals surface area contributed by atoms with E-state index in [1.54, 1.807) is 31.4 Å². The molecule has 3 aromatic carbocycles. The van der Waals surface area contributed by atoms with Gasteiger partial charge >= 0.3 is 5.97 Å².